The molecular weight excluding hydrogens is 238 g/mol. The predicted octanol–water partition coefficient (Wildman–Crippen LogP) is 3.00. The van der Waals surface area contributed by atoms with Gasteiger partial charge in [-0.2, -0.15) is 0 Å². The second-order valence-corrected chi connectivity index (χ2v) is 5.46. The third-order valence-electron chi connectivity index (χ3n) is 4.05. The van der Waals surface area contributed by atoms with E-state index in [4.69, 9.17) is 5.73 Å². The first kappa shape index (κ1) is 13.7. The summed E-state index contributed by atoms with van der Waals surface area (Å²) in [4.78, 5) is 11.4. The maximum absolute atomic E-state index is 11.4. The van der Waals surface area contributed by atoms with Gasteiger partial charge in [-0.15, -0.1) is 0 Å². The van der Waals surface area contributed by atoms with Crippen molar-refractivity contribution in [3.05, 3.63) is 17.7 Å². The molecule has 2 atom stereocenters. The van der Waals surface area contributed by atoms with E-state index in [-0.39, 0.29) is 5.91 Å². The summed E-state index contributed by atoms with van der Waals surface area (Å²) in [5, 5.41) is 6.36. The molecule has 1 aliphatic heterocycles. The van der Waals surface area contributed by atoms with Crippen LogP contribution in [0, 0.1) is 5.92 Å². The molecule has 1 heterocycles. The molecule has 0 fully saturated rings. The van der Waals surface area contributed by atoms with E-state index in [1.165, 1.54) is 0 Å². The molecule has 4 nitrogen and oxygen atoms in total. The third-order valence-corrected chi connectivity index (χ3v) is 4.05. The van der Waals surface area contributed by atoms with Gasteiger partial charge in [0, 0.05) is 18.2 Å². The second kappa shape index (κ2) is 5.51. The quantitative estimate of drug-likeness (QED) is 0.730. The summed E-state index contributed by atoms with van der Waals surface area (Å²) in [6.45, 7) is 6.55. The number of hydrogen-bond acceptors (Lipinski definition) is 3. The van der Waals surface area contributed by atoms with E-state index < -0.39 is 0 Å². The van der Waals surface area contributed by atoms with Crippen LogP contribution in [-0.2, 0) is 11.2 Å². The number of benzene rings is 1. The highest BCUT2D eigenvalue weighted by Gasteiger charge is 2.18. The zero-order valence-corrected chi connectivity index (χ0v) is 11.9. The molecular formula is C15H23N3O. The van der Waals surface area contributed by atoms with Crippen molar-refractivity contribution in [2.45, 2.75) is 46.1 Å². The summed E-state index contributed by atoms with van der Waals surface area (Å²) in [6.07, 6.45) is 2.44. The number of nitrogens with two attached hydrogens (primary N) is 1. The Hall–Kier alpha value is -1.71. The second-order valence-electron chi connectivity index (χ2n) is 5.46. The molecule has 19 heavy (non-hydrogen) atoms. The molecule has 2 unspecified atom stereocenters. The first-order valence-corrected chi connectivity index (χ1v) is 7.00. The molecule has 104 valence electrons. The molecule has 0 aromatic heterocycles. The van der Waals surface area contributed by atoms with Crippen LogP contribution in [0.5, 0.6) is 0 Å². The van der Waals surface area contributed by atoms with Crippen molar-refractivity contribution in [2.75, 3.05) is 16.4 Å². The largest absolute Gasteiger partial charge is 0.397 e. The lowest BCUT2D eigenvalue weighted by molar-refractivity contribution is -0.116. The van der Waals surface area contributed by atoms with Gasteiger partial charge < -0.3 is 16.4 Å². The van der Waals surface area contributed by atoms with Crippen LogP contribution in [-0.4, -0.2) is 11.9 Å². The number of carbonyl (C=O) groups is 1. The number of anilines is 3. The fourth-order valence-corrected chi connectivity index (χ4v) is 2.31. The first-order valence-electron chi connectivity index (χ1n) is 7.00. The summed E-state index contributed by atoms with van der Waals surface area (Å²) in [5.74, 6) is 0.656. The van der Waals surface area contributed by atoms with Crippen LogP contribution in [0.25, 0.3) is 0 Å². The minimum Gasteiger partial charge on any atom is -0.397 e. The lowest BCUT2D eigenvalue weighted by atomic mass is 9.98. The minimum absolute atomic E-state index is 0.0817. The number of amides is 1. The van der Waals surface area contributed by atoms with Gasteiger partial charge in [0.25, 0.3) is 0 Å². The van der Waals surface area contributed by atoms with E-state index in [1.807, 2.05) is 12.1 Å². The molecule has 1 aromatic carbocycles. The van der Waals surface area contributed by atoms with Gasteiger partial charge in [0.1, 0.15) is 0 Å². The smallest absolute Gasteiger partial charge is 0.224 e. The highest BCUT2D eigenvalue weighted by Crippen LogP contribution is 2.32. The van der Waals surface area contributed by atoms with Gasteiger partial charge in [0.15, 0.2) is 0 Å². The maximum atomic E-state index is 11.4. The van der Waals surface area contributed by atoms with E-state index >= 15 is 0 Å². The molecule has 0 bridgehead atoms. The molecule has 4 heteroatoms. The number of hydrogen-bond donors (Lipinski definition) is 3. The zero-order valence-electron chi connectivity index (χ0n) is 11.9. The highest BCUT2D eigenvalue weighted by molar-refractivity contribution is 5.95. The fraction of sp³-hybridized carbons (Fsp3) is 0.533. The van der Waals surface area contributed by atoms with Crippen molar-refractivity contribution in [1.29, 1.82) is 0 Å². The van der Waals surface area contributed by atoms with Crippen LogP contribution >= 0.6 is 0 Å². The van der Waals surface area contributed by atoms with Crippen molar-refractivity contribution in [2.24, 2.45) is 5.92 Å². The summed E-state index contributed by atoms with van der Waals surface area (Å²) in [5.41, 5.74) is 9.78. The van der Waals surface area contributed by atoms with Gasteiger partial charge in [-0.25, -0.2) is 0 Å². The molecule has 1 amide bonds. The number of rotatable bonds is 4. The van der Waals surface area contributed by atoms with Crippen LogP contribution in [0.2, 0.25) is 0 Å². The lowest BCUT2D eigenvalue weighted by Gasteiger charge is -2.24. The van der Waals surface area contributed by atoms with Gasteiger partial charge in [-0.05, 0) is 37.0 Å². The normalized spacial score (nSPS) is 17.3. The number of fused-ring (bicyclic) bond motifs is 1. The number of aryl methyl sites for hydroxylation is 1. The van der Waals surface area contributed by atoms with Gasteiger partial charge >= 0.3 is 0 Å². The van der Waals surface area contributed by atoms with E-state index in [0.717, 1.165) is 35.5 Å². The van der Waals surface area contributed by atoms with Gasteiger partial charge in [-0.1, -0.05) is 20.3 Å². The topological polar surface area (TPSA) is 67.1 Å². The summed E-state index contributed by atoms with van der Waals surface area (Å²) in [6, 6.07) is 4.28. The summed E-state index contributed by atoms with van der Waals surface area (Å²) < 4.78 is 0. The van der Waals surface area contributed by atoms with Crippen molar-refractivity contribution < 1.29 is 4.79 Å². The van der Waals surface area contributed by atoms with Crippen molar-refractivity contribution in [1.82, 2.24) is 0 Å². The zero-order chi connectivity index (χ0) is 14.0. The molecule has 0 saturated carbocycles. The Morgan fingerprint density at radius 3 is 2.79 bits per heavy atom. The molecule has 1 aromatic rings. The highest BCUT2D eigenvalue weighted by atomic mass is 16.1. The average Bonchev–Trinajstić information content (AvgIpc) is 2.39. The molecule has 0 aliphatic carbocycles. The molecule has 0 radical (unpaired) electrons. The monoisotopic (exact) mass is 261 g/mol. The Labute approximate surface area is 114 Å². The van der Waals surface area contributed by atoms with Gasteiger partial charge in [-0.3, -0.25) is 4.79 Å². The van der Waals surface area contributed by atoms with Crippen LogP contribution in [0.15, 0.2) is 12.1 Å². The number of carbonyl (C=O) groups excluding carboxylic acids is 1. The van der Waals surface area contributed by atoms with Crippen LogP contribution in [0.3, 0.4) is 0 Å². The van der Waals surface area contributed by atoms with Crippen LogP contribution in [0.4, 0.5) is 17.1 Å². The van der Waals surface area contributed by atoms with E-state index in [9.17, 15) is 4.79 Å². The minimum atomic E-state index is 0.0817. The lowest BCUT2D eigenvalue weighted by Crippen LogP contribution is -2.25. The molecule has 4 N–H and O–H groups in total. The molecule has 1 aliphatic rings. The van der Waals surface area contributed by atoms with Gasteiger partial charge in [0.2, 0.25) is 5.91 Å². The van der Waals surface area contributed by atoms with E-state index in [2.05, 4.69) is 31.4 Å². The summed E-state index contributed by atoms with van der Waals surface area (Å²) >= 11 is 0. The van der Waals surface area contributed by atoms with Gasteiger partial charge in [0.05, 0.1) is 11.4 Å². The average molecular weight is 261 g/mol. The van der Waals surface area contributed by atoms with E-state index in [1.54, 1.807) is 0 Å². The Balaban J connectivity index is 2.22. The Kier molecular flexibility index (Phi) is 3.98. The fourth-order valence-electron chi connectivity index (χ4n) is 2.31. The Bertz CT molecular complexity index is 485. The maximum Gasteiger partial charge on any atom is 0.224 e. The summed E-state index contributed by atoms with van der Waals surface area (Å²) in [7, 11) is 0. The van der Waals surface area contributed by atoms with Crippen molar-refractivity contribution >= 4 is 23.0 Å². The third kappa shape index (κ3) is 3.00. The SMILES string of the molecule is CCC(C)C(C)Nc1cc2c(cc1N)CCC(=O)N2. The Morgan fingerprint density at radius 2 is 2.11 bits per heavy atom. The number of nitrogen functional groups attached to an aromatic ring is 1. The van der Waals surface area contributed by atoms with E-state index in [0.29, 0.717) is 18.4 Å². The molecule has 2 rings (SSSR count). The molecule has 0 spiro atoms. The Morgan fingerprint density at radius 1 is 1.37 bits per heavy atom. The number of nitrogens with one attached hydrogen (secondary N) is 2. The standard InChI is InChI=1S/C15H23N3O/c1-4-9(2)10(3)17-14-8-13-11(7-12(14)16)5-6-15(19)18-13/h7-10,17H,4-6,16H2,1-3H3,(H,18,19). The van der Waals surface area contributed by atoms with Crippen molar-refractivity contribution in [3.8, 4) is 0 Å². The first-order chi connectivity index (χ1) is 9.01. The molecule has 0 saturated heterocycles. The van der Waals surface area contributed by atoms with Crippen molar-refractivity contribution in [3.63, 3.8) is 0 Å². The van der Waals surface area contributed by atoms with Crippen LogP contribution < -0.4 is 16.4 Å². The predicted molar refractivity (Wildman–Crippen MR) is 80.3 cm³/mol. The van der Waals surface area contributed by atoms with Crippen LogP contribution in [0.1, 0.15) is 39.2 Å².